The third kappa shape index (κ3) is 2.45. The van der Waals surface area contributed by atoms with Crippen LogP contribution < -0.4 is 0 Å². The van der Waals surface area contributed by atoms with Crippen LogP contribution in [0.2, 0.25) is 0 Å². The van der Waals surface area contributed by atoms with E-state index >= 15 is 0 Å². The van der Waals surface area contributed by atoms with Gasteiger partial charge in [-0.1, -0.05) is 11.8 Å². The molecular weight excluding hydrogens is 246 g/mol. The Morgan fingerprint density at radius 2 is 2.50 bits per heavy atom. The number of nitrogens with zero attached hydrogens (tertiary/aromatic N) is 1. The Morgan fingerprint density at radius 1 is 1.69 bits per heavy atom. The van der Waals surface area contributed by atoms with Crippen LogP contribution in [0.25, 0.3) is 0 Å². The maximum absolute atomic E-state index is 10.8. The summed E-state index contributed by atoms with van der Waals surface area (Å²) in [4.78, 5) is 16.2. The van der Waals surface area contributed by atoms with Crippen molar-refractivity contribution in [1.82, 2.24) is 4.98 Å². The van der Waals surface area contributed by atoms with Crippen LogP contribution in [0.1, 0.15) is 20.1 Å². The van der Waals surface area contributed by atoms with E-state index in [0.29, 0.717) is 15.9 Å². The first-order valence-corrected chi connectivity index (χ1v) is 6.32. The summed E-state index contributed by atoms with van der Waals surface area (Å²) in [6, 6.07) is 1.71. The van der Waals surface area contributed by atoms with Crippen molar-refractivity contribution in [1.29, 1.82) is 0 Å². The summed E-state index contributed by atoms with van der Waals surface area (Å²) in [7, 11) is 0. The molecule has 0 atom stereocenters. The Balaban J connectivity index is 2.07. The van der Waals surface area contributed by atoms with Crippen LogP contribution in [0.15, 0.2) is 28.2 Å². The van der Waals surface area contributed by atoms with Crippen molar-refractivity contribution in [2.75, 3.05) is 0 Å². The lowest BCUT2D eigenvalue weighted by Gasteiger charge is -1.95. The summed E-state index contributed by atoms with van der Waals surface area (Å²) in [6.07, 6.45) is 3.11. The normalized spacial score (nSPS) is 10.6. The van der Waals surface area contributed by atoms with Gasteiger partial charge < -0.3 is 9.52 Å². The number of thiophene rings is 1. The van der Waals surface area contributed by atoms with E-state index in [1.54, 1.807) is 12.3 Å². The van der Waals surface area contributed by atoms with Crippen LogP contribution in [-0.4, -0.2) is 16.1 Å². The van der Waals surface area contributed by atoms with Gasteiger partial charge in [0.2, 0.25) is 0 Å². The molecule has 0 amide bonds. The lowest BCUT2D eigenvalue weighted by Crippen LogP contribution is -1.90. The van der Waals surface area contributed by atoms with Crippen LogP contribution >= 0.6 is 23.1 Å². The zero-order valence-corrected chi connectivity index (χ0v) is 10.1. The Bertz CT molecular complexity index is 490. The highest BCUT2D eigenvalue weighted by Crippen LogP contribution is 2.28. The van der Waals surface area contributed by atoms with Gasteiger partial charge in [-0.2, -0.15) is 0 Å². The zero-order chi connectivity index (χ0) is 11.5. The Morgan fingerprint density at radius 3 is 3.06 bits per heavy atom. The minimum atomic E-state index is -0.875. The number of carbonyl (C=O) groups is 1. The highest BCUT2D eigenvalue weighted by molar-refractivity contribution is 7.98. The van der Waals surface area contributed by atoms with Gasteiger partial charge in [-0.3, -0.25) is 0 Å². The van der Waals surface area contributed by atoms with E-state index in [9.17, 15) is 4.79 Å². The molecular formula is C10H9NO3S2. The van der Waals surface area contributed by atoms with Crippen molar-refractivity contribution in [3.05, 3.63) is 33.8 Å². The van der Waals surface area contributed by atoms with Gasteiger partial charge in [-0.25, -0.2) is 9.78 Å². The smallest absolute Gasteiger partial charge is 0.345 e. The largest absolute Gasteiger partial charge is 0.477 e. The Kier molecular flexibility index (Phi) is 3.31. The average Bonchev–Trinajstić information content (AvgIpc) is 2.84. The van der Waals surface area contributed by atoms with Gasteiger partial charge in [0.1, 0.15) is 11.1 Å². The molecule has 4 nitrogen and oxygen atoms in total. The van der Waals surface area contributed by atoms with E-state index in [4.69, 9.17) is 9.52 Å². The predicted molar refractivity (Wildman–Crippen MR) is 62.1 cm³/mol. The molecule has 2 aromatic heterocycles. The highest BCUT2D eigenvalue weighted by atomic mass is 32.2. The van der Waals surface area contributed by atoms with E-state index in [1.165, 1.54) is 29.4 Å². The summed E-state index contributed by atoms with van der Waals surface area (Å²) < 4.78 is 5.09. The lowest BCUT2D eigenvalue weighted by atomic mass is 10.3. The van der Waals surface area contributed by atoms with Gasteiger partial charge in [0.05, 0.1) is 6.20 Å². The van der Waals surface area contributed by atoms with E-state index < -0.39 is 5.97 Å². The van der Waals surface area contributed by atoms with Crippen LogP contribution in [0, 0.1) is 6.92 Å². The molecule has 2 aromatic rings. The molecule has 0 saturated carbocycles. The molecule has 2 heterocycles. The van der Waals surface area contributed by atoms with Gasteiger partial charge in [-0.05, 0) is 18.6 Å². The van der Waals surface area contributed by atoms with Gasteiger partial charge in [0.25, 0.3) is 5.22 Å². The molecule has 0 saturated heterocycles. The highest BCUT2D eigenvalue weighted by Gasteiger charge is 2.11. The molecule has 0 unspecified atom stereocenters. The SMILES string of the molecule is Cc1sc(C(=O)O)cc1CSc1ncco1. The van der Waals surface area contributed by atoms with E-state index in [-0.39, 0.29) is 0 Å². The van der Waals surface area contributed by atoms with Gasteiger partial charge in [0.15, 0.2) is 0 Å². The number of aromatic carboxylic acids is 1. The summed E-state index contributed by atoms with van der Waals surface area (Å²) in [5, 5.41) is 9.45. The maximum Gasteiger partial charge on any atom is 0.345 e. The molecule has 0 aliphatic rings. The molecule has 6 heteroatoms. The Labute approximate surface area is 100 Å². The molecule has 16 heavy (non-hydrogen) atoms. The first-order valence-electron chi connectivity index (χ1n) is 4.51. The third-order valence-corrected chi connectivity index (χ3v) is 3.98. The monoisotopic (exact) mass is 255 g/mol. The lowest BCUT2D eigenvalue weighted by molar-refractivity contribution is 0.0702. The molecule has 0 aliphatic heterocycles. The number of rotatable bonds is 4. The van der Waals surface area contributed by atoms with Gasteiger partial charge in [-0.15, -0.1) is 11.3 Å². The van der Waals surface area contributed by atoms with Gasteiger partial charge >= 0.3 is 5.97 Å². The molecule has 84 valence electrons. The van der Waals surface area contributed by atoms with Gasteiger partial charge in [0, 0.05) is 10.6 Å². The Hall–Kier alpha value is -1.27. The first kappa shape index (κ1) is 11.2. The van der Waals surface area contributed by atoms with E-state index in [2.05, 4.69) is 4.98 Å². The maximum atomic E-state index is 10.8. The second-order valence-corrected chi connectivity index (χ2v) is 5.27. The van der Waals surface area contributed by atoms with Crippen molar-refractivity contribution < 1.29 is 14.3 Å². The number of hydrogen-bond donors (Lipinski definition) is 1. The van der Waals surface area contributed by atoms with Crippen LogP contribution in [0.3, 0.4) is 0 Å². The number of carboxylic acids is 1. The molecule has 2 rings (SSSR count). The van der Waals surface area contributed by atoms with Crippen molar-refractivity contribution >= 4 is 29.1 Å². The molecule has 0 aliphatic carbocycles. The summed E-state index contributed by atoms with van der Waals surface area (Å²) >= 11 is 2.75. The number of aromatic nitrogens is 1. The van der Waals surface area contributed by atoms with E-state index in [0.717, 1.165) is 10.4 Å². The molecule has 0 spiro atoms. The molecule has 0 radical (unpaired) electrons. The number of carboxylic acid groups (broad SMARTS) is 1. The van der Waals surface area contributed by atoms with Crippen LogP contribution in [0.4, 0.5) is 0 Å². The second-order valence-electron chi connectivity index (χ2n) is 3.08. The number of aryl methyl sites for hydroxylation is 1. The summed E-state index contributed by atoms with van der Waals surface area (Å²) in [5.41, 5.74) is 1.02. The summed E-state index contributed by atoms with van der Waals surface area (Å²) in [5.74, 6) is -0.198. The number of hydrogen-bond acceptors (Lipinski definition) is 5. The predicted octanol–water partition coefficient (Wildman–Crippen LogP) is 3.04. The molecule has 0 fully saturated rings. The fraction of sp³-hybridized carbons (Fsp3) is 0.200. The minimum absolute atomic E-state index is 0.375. The average molecular weight is 255 g/mol. The third-order valence-electron chi connectivity index (χ3n) is 1.99. The van der Waals surface area contributed by atoms with Crippen molar-refractivity contribution in [3.63, 3.8) is 0 Å². The number of thioether (sulfide) groups is 1. The second kappa shape index (κ2) is 4.71. The topological polar surface area (TPSA) is 63.3 Å². The molecule has 0 aromatic carbocycles. The van der Waals surface area contributed by atoms with Crippen molar-refractivity contribution in [3.8, 4) is 0 Å². The van der Waals surface area contributed by atoms with Crippen molar-refractivity contribution in [2.45, 2.75) is 17.9 Å². The fourth-order valence-electron chi connectivity index (χ4n) is 1.19. The van der Waals surface area contributed by atoms with E-state index in [1.807, 2.05) is 6.92 Å². The molecule has 1 N–H and O–H groups in total. The molecule has 0 bridgehead atoms. The summed E-state index contributed by atoms with van der Waals surface area (Å²) in [6.45, 7) is 1.92. The minimum Gasteiger partial charge on any atom is -0.477 e. The van der Waals surface area contributed by atoms with Crippen LogP contribution in [0.5, 0.6) is 0 Å². The first-order chi connectivity index (χ1) is 7.66. The van der Waals surface area contributed by atoms with Crippen LogP contribution in [-0.2, 0) is 5.75 Å². The quantitative estimate of drug-likeness (QED) is 0.851. The number of oxazole rings is 1. The fourth-order valence-corrected chi connectivity index (χ4v) is 3.00. The van der Waals surface area contributed by atoms with Crippen molar-refractivity contribution in [2.24, 2.45) is 0 Å². The zero-order valence-electron chi connectivity index (χ0n) is 8.47. The standard InChI is InChI=1S/C10H9NO3S2/c1-6-7(4-8(16-6)9(12)13)5-15-10-11-2-3-14-10/h2-4H,5H2,1H3,(H,12,13).